The molecule has 0 amide bonds. The third-order valence-corrected chi connectivity index (χ3v) is 2.19. The minimum Gasteiger partial charge on any atom is -0.469 e. The zero-order chi connectivity index (χ0) is 12.6. The molecule has 0 aliphatic heterocycles. The lowest BCUT2D eigenvalue weighted by molar-refractivity contribution is -0.145. The van der Waals surface area contributed by atoms with Gasteiger partial charge in [0.05, 0.1) is 26.1 Å². The van der Waals surface area contributed by atoms with Crippen molar-refractivity contribution in [2.45, 2.75) is 20.3 Å². The summed E-state index contributed by atoms with van der Waals surface area (Å²) in [6, 6.07) is 0. The zero-order valence-electron chi connectivity index (χ0n) is 10.5. The number of nitrogens with zero attached hydrogens (tertiary/aromatic N) is 1. The summed E-state index contributed by atoms with van der Waals surface area (Å²) < 4.78 is 9.43. The Kier molecular flexibility index (Phi) is 7.54. The van der Waals surface area contributed by atoms with Crippen molar-refractivity contribution < 1.29 is 19.1 Å². The molecule has 0 radical (unpaired) electrons. The van der Waals surface area contributed by atoms with Gasteiger partial charge in [-0.05, 0) is 14.0 Å². The largest absolute Gasteiger partial charge is 0.469 e. The fourth-order valence-corrected chi connectivity index (χ4v) is 1.35. The molecule has 0 rings (SSSR count). The molecule has 0 N–H and O–H groups in total. The lowest BCUT2D eigenvalue weighted by Gasteiger charge is -2.19. The van der Waals surface area contributed by atoms with Crippen LogP contribution in [0.2, 0.25) is 0 Å². The molecule has 0 aromatic carbocycles. The van der Waals surface area contributed by atoms with Crippen LogP contribution < -0.4 is 0 Å². The van der Waals surface area contributed by atoms with Crippen LogP contribution in [0.3, 0.4) is 0 Å². The maximum Gasteiger partial charge on any atom is 0.309 e. The first-order chi connectivity index (χ1) is 7.51. The highest BCUT2D eigenvalue weighted by Crippen LogP contribution is 2.01. The highest BCUT2D eigenvalue weighted by molar-refractivity contribution is 5.72. The SMILES string of the molecule is CCOC(=O)CCN(C)CC(C)C(=O)OC. The lowest BCUT2D eigenvalue weighted by atomic mass is 10.2. The summed E-state index contributed by atoms with van der Waals surface area (Å²) in [6.07, 6.45) is 0.345. The molecular formula is C11H21NO4. The third-order valence-electron chi connectivity index (χ3n) is 2.19. The minimum absolute atomic E-state index is 0.183. The highest BCUT2D eigenvalue weighted by atomic mass is 16.5. The van der Waals surface area contributed by atoms with Gasteiger partial charge in [0, 0.05) is 13.1 Å². The Labute approximate surface area is 96.7 Å². The van der Waals surface area contributed by atoms with E-state index in [2.05, 4.69) is 4.74 Å². The molecule has 1 unspecified atom stereocenters. The first-order valence-corrected chi connectivity index (χ1v) is 5.43. The fraction of sp³-hybridized carbons (Fsp3) is 0.818. The highest BCUT2D eigenvalue weighted by Gasteiger charge is 2.15. The van der Waals surface area contributed by atoms with Crippen molar-refractivity contribution in [2.24, 2.45) is 5.92 Å². The number of hydrogen-bond donors (Lipinski definition) is 0. The number of rotatable bonds is 7. The second kappa shape index (κ2) is 8.10. The minimum atomic E-state index is -0.233. The summed E-state index contributed by atoms with van der Waals surface area (Å²) in [5.74, 6) is -0.625. The molecule has 0 aliphatic rings. The Hall–Kier alpha value is -1.10. The van der Waals surface area contributed by atoms with E-state index in [0.29, 0.717) is 26.1 Å². The van der Waals surface area contributed by atoms with Crippen LogP contribution >= 0.6 is 0 Å². The van der Waals surface area contributed by atoms with Gasteiger partial charge in [-0.1, -0.05) is 6.92 Å². The van der Waals surface area contributed by atoms with Gasteiger partial charge in [0.25, 0.3) is 0 Å². The topological polar surface area (TPSA) is 55.8 Å². The van der Waals surface area contributed by atoms with E-state index in [4.69, 9.17) is 4.74 Å². The molecule has 16 heavy (non-hydrogen) atoms. The van der Waals surface area contributed by atoms with Crippen molar-refractivity contribution >= 4 is 11.9 Å². The first-order valence-electron chi connectivity index (χ1n) is 5.43. The predicted octanol–water partition coefficient (Wildman–Crippen LogP) is 0.680. The molecule has 0 spiro atoms. The molecule has 0 aromatic rings. The van der Waals surface area contributed by atoms with Crippen LogP contribution in [-0.2, 0) is 19.1 Å². The second-order valence-corrected chi connectivity index (χ2v) is 3.74. The molecule has 5 heteroatoms. The van der Waals surface area contributed by atoms with Crippen molar-refractivity contribution in [1.29, 1.82) is 0 Å². The van der Waals surface area contributed by atoms with Crippen molar-refractivity contribution in [2.75, 3.05) is 33.9 Å². The Morgan fingerprint density at radius 3 is 2.50 bits per heavy atom. The average Bonchev–Trinajstić information content (AvgIpc) is 2.25. The molecule has 5 nitrogen and oxygen atoms in total. The van der Waals surface area contributed by atoms with Gasteiger partial charge in [0.15, 0.2) is 0 Å². The predicted molar refractivity (Wildman–Crippen MR) is 59.9 cm³/mol. The van der Waals surface area contributed by atoms with E-state index in [1.807, 2.05) is 11.9 Å². The third kappa shape index (κ3) is 6.40. The van der Waals surface area contributed by atoms with E-state index in [0.717, 1.165) is 0 Å². The van der Waals surface area contributed by atoms with Crippen molar-refractivity contribution in [1.82, 2.24) is 4.90 Å². The molecule has 0 heterocycles. The standard InChI is InChI=1S/C11H21NO4/c1-5-16-10(13)6-7-12(3)8-9(2)11(14)15-4/h9H,5-8H2,1-4H3. The Morgan fingerprint density at radius 2 is 2.00 bits per heavy atom. The molecular weight excluding hydrogens is 210 g/mol. The van der Waals surface area contributed by atoms with Crippen LogP contribution in [0.5, 0.6) is 0 Å². The van der Waals surface area contributed by atoms with Crippen LogP contribution in [0.15, 0.2) is 0 Å². The van der Waals surface area contributed by atoms with Gasteiger partial charge in [-0.15, -0.1) is 0 Å². The zero-order valence-corrected chi connectivity index (χ0v) is 10.5. The van der Waals surface area contributed by atoms with Gasteiger partial charge in [-0.2, -0.15) is 0 Å². The monoisotopic (exact) mass is 231 g/mol. The van der Waals surface area contributed by atoms with Gasteiger partial charge in [0.2, 0.25) is 0 Å². The Bertz CT molecular complexity index is 230. The summed E-state index contributed by atoms with van der Waals surface area (Å²) in [5.41, 5.74) is 0. The van der Waals surface area contributed by atoms with Crippen molar-refractivity contribution in [3.8, 4) is 0 Å². The van der Waals surface area contributed by atoms with Gasteiger partial charge < -0.3 is 14.4 Å². The number of esters is 2. The molecule has 0 saturated heterocycles. The Balaban J connectivity index is 3.77. The van der Waals surface area contributed by atoms with Gasteiger partial charge in [0.1, 0.15) is 0 Å². The molecule has 0 aromatic heterocycles. The summed E-state index contributed by atoms with van der Waals surface area (Å²) in [5, 5.41) is 0. The van der Waals surface area contributed by atoms with Crippen molar-refractivity contribution in [3.63, 3.8) is 0 Å². The quantitative estimate of drug-likeness (QED) is 0.603. The molecule has 1 atom stereocenters. The van der Waals surface area contributed by atoms with Crippen molar-refractivity contribution in [3.05, 3.63) is 0 Å². The summed E-state index contributed by atoms with van der Waals surface area (Å²) in [4.78, 5) is 24.1. The van der Waals surface area contributed by atoms with Crippen LogP contribution in [-0.4, -0.2) is 50.7 Å². The van der Waals surface area contributed by atoms with E-state index in [9.17, 15) is 9.59 Å². The molecule has 94 valence electrons. The normalized spacial score (nSPS) is 12.3. The van der Waals surface area contributed by atoms with Gasteiger partial charge in [-0.3, -0.25) is 9.59 Å². The molecule has 0 bridgehead atoms. The summed E-state index contributed by atoms with van der Waals surface area (Å²) in [7, 11) is 3.23. The maximum atomic E-state index is 11.1. The van der Waals surface area contributed by atoms with Crippen LogP contribution in [0.4, 0.5) is 0 Å². The number of carbonyl (C=O) groups excluding carboxylic acids is 2. The van der Waals surface area contributed by atoms with E-state index >= 15 is 0 Å². The number of hydrogen-bond acceptors (Lipinski definition) is 5. The van der Waals surface area contributed by atoms with E-state index in [1.54, 1.807) is 13.8 Å². The van der Waals surface area contributed by atoms with Crippen LogP contribution in [0.1, 0.15) is 20.3 Å². The van der Waals surface area contributed by atoms with E-state index in [-0.39, 0.29) is 17.9 Å². The Morgan fingerprint density at radius 1 is 1.38 bits per heavy atom. The first kappa shape index (κ1) is 14.9. The molecule has 0 saturated carbocycles. The molecule has 0 aliphatic carbocycles. The lowest BCUT2D eigenvalue weighted by Crippen LogP contribution is -2.31. The maximum absolute atomic E-state index is 11.1. The average molecular weight is 231 g/mol. The second-order valence-electron chi connectivity index (χ2n) is 3.74. The van der Waals surface area contributed by atoms with Crippen LogP contribution in [0, 0.1) is 5.92 Å². The fourth-order valence-electron chi connectivity index (χ4n) is 1.35. The van der Waals surface area contributed by atoms with E-state index in [1.165, 1.54) is 7.11 Å². The number of ether oxygens (including phenoxy) is 2. The van der Waals surface area contributed by atoms with E-state index < -0.39 is 0 Å². The summed E-state index contributed by atoms with van der Waals surface area (Å²) in [6.45, 7) is 5.14. The van der Waals surface area contributed by atoms with Gasteiger partial charge in [-0.25, -0.2) is 0 Å². The number of carbonyl (C=O) groups is 2. The number of methoxy groups -OCH3 is 1. The smallest absolute Gasteiger partial charge is 0.309 e. The van der Waals surface area contributed by atoms with Gasteiger partial charge >= 0.3 is 11.9 Å². The molecule has 0 fully saturated rings. The summed E-state index contributed by atoms with van der Waals surface area (Å²) >= 11 is 0. The van der Waals surface area contributed by atoms with Crippen LogP contribution in [0.25, 0.3) is 0 Å².